The highest BCUT2D eigenvalue weighted by molar-refractivity contribution is 7.91. The molecule has 1 aliphatic heterocycles. The van der Waals surface area contributed by atoms with E-state index in [0.29, 0.717) is 24.1 Å². The van der Waals surface area contributed by atoms with Crippen LogP contribution in [0.5, 0.6) is 0 Å². The molecule has 0 saturated carbocycles. The molecule has 0 aliphatic carbocycles. The molecular weight excluding hydrogens is 260 g/mol. The third-order valence-electron chi connectivity index (χ3n) is 3.85. The minimum atomic E-state index is -2.80. The van der Waals surface area contributed by atoms with Gasteiger partial charge in [0.05, 0.1) is 11.5 Å². The van der Waals surface area contributed by atoms with Crippen LogP contribution in [-0.4, -0.2) is 56.5 Å². The van der Waals surface area contributed by atoms with E-state index < -0.39 is 9.84 Å². The van der Waals surface area contributed by atoms with Crippen molar-refractivity contribution in [2.24, 2.45) is 0 Å². The highest BCUT2D eigenvalue weighted by Crippen LogP contribution is 2.09. The van der Waals surface area contributed by atoms with Crippen LogP contribution in [0.1, 0.15) is 46.5 Å². The molecule has 1 heterocycles. The summed E-state index contributed by atoms with van der Waals surface area (Å²) in [6.07, 6.45) is 4.70. The summed E-state index contributed by atoms with van der Waals surface area (Å²) in [5, 5.41) is 3.33. The van der Waals surface area contributed by atoms with E-state index in [1.54, 1.807) is 0 Å². The maximum atomic E-state index is 11.6. The summed E-state index contributed by atoms with van der Waals surface area (Å²) in [5.74, 6) is 0.613. The van der Waals surface area contributed by atoms with Crippen LogP contribution in [-0.2, 0) is 9.84 Å². The van der Waals surface area contributed by atoms with Crippen LogP contribution in [0.25, 0.3) is 0 Å². The number of nitrogens with zero attached hydrogens (tertiary/aromatic N) is 1. The van der Waals surface area contributed by atoms with Gasteiger partial charge in [0.15, 0.2) is 9.84 Å². The van der Waals surface area contributed by atoms with Gasteiger partial charge in [0.1, 0.15) is 0 Å². The molecule has 1 rings (SSSR count). The van der Waals surface area contributed by atoms with Crippen LogP contribution in [0, 0.1) is 0 Å². The standard InChI is InChI=1S/C14H30N2O2S/c1-4-5-6-9-16(13(2)3)10-7-14-12-19(17,18)11-8-15-14/h13-15H,4-12H2,1-3H3. The van der Waals surface area contributed by atoms with Crippen LogP contribution in [0.2, 0.25) is 0 Å². The topological polar surface area (TPSA) is 49.4 Å². The fourth-order valence-electron chi connectivity index (χ4n) is 2.57. The fraction of sp³-hybridized carbons (Fsp3) is 1.00. The van der Waals surface area contributed by atoms with Crippen molar-refractivity contribution in [2.45, 2.75) is 58.5 Å². The lowest BCUT2D eigenvalue weighted by Crippen LogP contribution is -2.47. The lowest BCUT2D eigenvalue weighted by molar-refractivity contribution is 0.207. The Kier molecular flexibility index (Phi) is 7.32. The van der Waals surface area contributed by atoms with E-state index in [1.165, 1.54) is 19.3 Å². The van der Waals surface area contributed by atoms with Crippen LogP contribution in [0.15, 0.2) is 0 Å². The second-order valence-electron chi connectivity index (χ2n) is 5.89. The van der Waals surface area contributed by atoms with Gasteiger partial charge in [-0.3, -0.25) is 0 Å². The monoisotopic (exact) mass is 290 g/mol. The summed E-state index contributed by atoms with van der Waals surface area (Å²) in [4.78, 5) is 2.47. The Morgan fingerprint density at radius 3 is 2.58 bits per heavy atom. The van der Waals surface area contributed by atoms with E-state index in [-0.39, 0.29) is 6.04 Å². The van der Waals surface area contributed by atoms with Crippen LogP contribution >= 0.6 is 0 Å². The van der Waals surface area contributed by atoms with Gasteiger partial charge < -0.3 is 10.2 Å². The number of hydrogen-bond donors (Lipinski definition) is 1. The molecule has 1 unspecified atom stereocenters. The van der Waals surface area contributed by atoms with Gasteiger partial charge in [0.25, 0.3) is 0 Å². The van der Waals surface area contributed by atoms with Gasteiger partial charge >= 0.3 is 0 Å². The summed E-state index contributed by atoms with van der Waals surface area (Å²) >= 11 is 0. The first-order chi connectivity index (χ1) is 8.94. The van der Waals surface area contributed by atoms with Gasteiger partial charge in [-0.05, 0) is 39.8 Å². The average Bonchev–Trinajstić information content (AvgIpc) is 2.32. The SMILES string of the molecule is CCCCCN(CCC1CS(=O)(=O)CCN1)C(C)C. The normalized spacial score (nSPS) is 23.1. The number of sulfone groups is 1. The van der Waals surface area contributed by atoms with Crippen molar-refractivity contribution in [2.75, 3.05) is 31.1 Å². The van der Waals surface area contributed by atoms with Crippen molar-refractivity contribution in [3.63, 3.8) is 0 Å². The van der Waals surface area contributed by atoms with E-state index >= 15 is 0 Å². The second-order valence-corrected chi connectivity index (χ2v) is 8.12. The Morgan fingerprint density at radius 2 is 2.00 bits per heavy atom. The molecule has 1 fully saturated rings. The van der Waals surface area contributed by atoms with Crippen molar-refractivity contribution in [3.05, 3.63) is 0 Å². The highest BCUT2D eigenvalue weighted by Gasteiger charge is 2.24. The van der Waals surface area contributed by atoms with Gasteiger partial charge in [-0.15, -0.1) is 0 Å². The molecular formula is C14H30N2O2S. The van der Waals surface area contributed by atoms with Crippen molar-refractivity contribution >= 4 is 9.84 Å². The molecule has 114 valence electrons. The highest BCUT2D eigenvalue weighted by atomic mass is 32.2. The van der Waals surface area contributed by atoms with Crippen LogP contribution < -0.4 is 5.32 Å². The van der Waals surface area contributed by atoms with E-state index in [2.05, 4.69) is 31.0 Å². The van der Waals surface area contributed by atoms with E-state index in [1.807, 2.05) is 0 Å². The summed E-state index contributed by atoms with van der Waals surface area (Å²) in [6, 6.07) is 0.684. The lowest BCUT2D eigenvalue weighted by Gasteiger charge is -2.30. The molecule has 1 saturated heterocycles. The molecule has 1 atom stereocenters. The molecule has 0 aromatic heterocycles. The fourth-order valence-corrected chi connectivity index (χ4v) is 4.06. The van der Waals surface area contributed by atoms with E-state index in [0.717, 1.165) is 19.5 Å². The van der Waals surface area contributed by atoms with Crippen molar-refractivity contribution in [3.8, 4) is 0 Å². The largest absolute Gasteiger partial charge is 0.312 e. The van der Waals surface area contributed by atoms with E-state index in [9.17, 15) is 8.42 Å². The maximum absolute atomic E-state index is 11.6. The number of rotatable bonds is 8. The second kappa shape index (κ2) is 8.22. The number of unbranched alkanes of at least 4 members (excludes halogenated alkanes) is 2. The van der Waals surface area contributed by atoms with Crippen LogP contribution in [0.3, 0.4) is 0 Å². The third-order valence-corrected chi connectivity index (χ3v) is 5.58. The molecule has 1 aliphatic rings. The molecule has 0 spiro atoms. The Hall–Kier alpha value is -0.130. The Balaban J connectivity index is 2.34. The minimum Gasteiger partial charge on any atom is -0.312 e. The predicted molar refractivity (Wildman–Crippen MR) is 81.3 cm³/mol. The molecule has 0 aromatic rings. The molecule has 1 N–H and O–H groups in total. The van der Waals surface area contributed by atoms with Gasteiger partial charge in [-0.25, -0.2) is 8.42 Å². The van der Waals surface area contributed by atoms with Gasteiger partial charge in [0.2, 0.25) is 0 Å². The molecule has 4 nitrogen and oxygen atoms in total. The minimum absolute atomic E-state index is 0.145. The summed E-state index contributed by atoms with van der Waals surface area (Å²) < 4.78 is 23.2. The first-order valence-corrected chi connectivity index (χ1v) is 9.44. The summed E-state index contributed by atoms with van der Waals surface area (Å²) in [5.41, 5.74) is 0. The molecule has 19 heavy (non-hydrogen) atoms. The first-order valence-electron chi connectivity index (χ1n) is 7.62. The van der Waals surface area contributed by atoms with Crippen molar-refractivity contribution in [1.82, 2.24) is 10.2 Å². The summed E-state index contributed by atoms with van der Waals surface area (Å²) in [6.45, 7) is 9.40. The lowest BCUT2D eigenvalue weighted by atomic mass is 10.1. The van der Waals surface area contributed by atoms with Gasteiger partial charge in [0, 0.05) is 18.6 Å². The number of hydrogen-bond acceptors (Lipinski definition) is 4. The number of nitrogens with one attached hydrogen (secondary N) is 1. The summed E-state index contributed by atoms with van der Waals surface area (Å²) in [7, 11) is -2.80. The Morgan fingerprint density at radius 1 is 1.26 bits per heavy atom. The first kappa shape index (κ1) is 16.9. The van der Waals surface area contributed by atoms with Gasteiger partial charge in [-0.2, -0.15) is 0 Å². The molecule has 0 amide bonds. The Labute approximate surface area is 118 Å². The Bertz CT molecular complexity index is 341. The quantitative estimate of drug-likeness (QED) is 0.691. The average molecular weight is 290 g/mol. The maximum Gasteiger partial charge on any atom is 0.153 e. The van der Waals surface area contributed by atoms with E-state index in [4.69, 9.17) is 0 Å². The van der Waals surface area contributed by atoms with Crippen LogP contribution in [0.4, 0.5) is 0 Å². The zero-order valence-corrected chi connectivity index (χ0v) is 13.5. The van der Waals surface area contributed by atoms with Gasteiger partial charge in [-0.1, -0.05) is 19.8 Å². The molecule has 0 bridgehead atoms. The predicted octanol–water partition coefficient (Wildman–Crippen LogP) is 1.66. The third kappa shape index (κ3) is 6.72. The molecule has 0 radical (unpaired) electrons. The van der Waals surface area contributed by atoms with Crippen molar-refractivity contribution in [1.29, 1.82) is 0 Å². The zero-order valence-electron chi connectivity index (χ0n) is 12.7. The smallest absolute Gasteiger partial charge is 0.153 e. The molecule has 0 aromatic carbocycles. The van der Waals surface area contributed by atoms with Crippen molar-refractivity contribution < 1.29 is 8.42 Å². The molecule has 5 heteroatoms. The zero-order chi connectivity index (χ0) is 14.3.